The second-order valence-corrected chi connectivity index (χ2v) is 7.17. The summed E-state index contributed by atoms with van der Waals surface area (Å²) >= 11 is 0. The van der Waals surface area contributed by atoms with Crippen LogP contribution in [0.5, 0.6) is 5.88 Å². The van der Waals surface area contributed by atoms with Gasteiger partial charge < -0.3 is 10.1 Å². The Labute approximate surface area is 123 Å². The molecule has 7 heteroatoms. The summed E-state index contributed by atoms with van der Waals surface area (Å²) in [4.78, 5) is 16.7. The van der Waals surface area contributed by atoms with Crippen LogP contribution in [0.15, 0.2) is 17.6 Å². The molecule has 21 heavy (non-hydrogen) atoms. The van der Waals surface area contributed by atoms with Crippen LogP contribution >= 0.6 is 0 Å². The van der Waals surface area contributed by atoms with E-state index in [0.717, 1.165) is 35.9 Å². The molecule has 0 aromatic carbocycles. The van der Waals surface area contributed by atoms with Crippen LogP contribution < -0.4 is 10.1 Å². The van der Waals surface area contributed by atoms with Crippen molar-refractivity contribution in [2.45, 2.75) is 25.3 Å². The fourth-order valence-electron chi connectivity index (χ4n) is 2.68. The van der Waals surface area contributed by atoms with Crippen LogP contribution in [0, 0.1) is 0 Å². The van der Waals surface area contributed by atoms with E-state index in [9.17, 15) is 13.2 Å². The highest BCUT2D eigenvalue weighted by atomic mass is 32.2. The van der Waals surface area contributed by atoms with Crippen molar-refractivity contribution < 1.29 is 17.9 Å². The molecule has 112 valence electrons. The maximum absolute atomic E-state index is 12.3. The number of aromatic nitrogens is 1. The number of rotatable bonds is 3. The Bertz CT molecular complexity index is 725. The van der Waals surface area contributed by atoms with Crippen molar-refractivity contribution in [2.75, 3.05) is 12.9 Å². The minimum absolute atomic E-state index is 0.0978. The van der Waals surface area contributed by atoms with Crippen LogP contribution in [0.2, 0.25) is 0 Å². The molecule has 0 spiro atoms. The first-order valence-corrected chi connectivity index (χ1v) is 8.48. The molecular weight excluding hydrogens is 292 g/mol. The Morgan fingerprint density at radius 1 is 1.43 bits per heavy atom. The van der Waals surface area contributed by atoms with E-state index in [1.807, 2.05) is 0 Å². The van der Waals surface area contributed by atoms with Crippen molar-refractivity contribution in [1.82, 2.24) is 10.3 Å². The number of hydrogen-bond donors (Lipinski definition) is 1. The summed E-state index contributed by atoms with van der Waals surface area (Å²) in [6.45, 7) is 0. The van der Waals surface area contributed by atoms with Crippen molar-refractivity contribution in [2.24, 2.45) is 0 Å². The maximum atomic E-state index is 12.3. The van der Waals surface area contributed by atoms with Crippen LogP contribution in [0.3, 0.4) is 0 Å². The first kappa shape index (κ1) is 14.1. The number of methoxy groups -OCH3 is 1. The van der Waals surface area contributed by atoms with Gasteiger partial charge in [0.25, 0.3) is 5.91 Å². The Morgan fingerprint density at radius 2 is 2.24 bits per heavy atom. The molecule has 1 aromatic heterocycles. The van der Waals surface area contributed by atoms with E-state index in [4.69, 9.17) is 4.74 Å². The fraction of sp³-hybridized carbons (Fsp3) is 0.429. The van der Waals surface area contributed by atoms with E-state index in [2.05, 4.69) is 10.3 Å². The Kier molecular flexibility index (Phi) is 3.44. The quantitative estimate of drug-likeness (QED) is 0.884. The molecule has 1 N–H and O–H groups in total. The highest BCUT2D eigenvalue weighted by molar-refractivity contribution is 7.94. The van der Waals surface area contributed by atoms with Gasteiger partial charge in [0.05, 0.1) is 18.9 Å². The second-order valence-electron chi connectivity index (χ2n) is 5.24. The molecule has 3 rings (SSSR count). The molecule has 1 aromatic rings. The third-order valence-electron chi connectivity index (χ3n) is 3.70. The topological polar surface area (TPSA) is 85.4 Å². The van der Waals surface area contributed by atoms with E-state index >= 15 is 0 Å². The number of sulfone groups is 1. The summed E-state index contributed by atoms with van der Waals surface area (Å²) in [5.74, 6) is -0.168. The van der Waals surface area contributed by atoms with Crippen molar-refractivity contribution in [3.8, 4) is 5.88 Å². The number of amides is 1. The van der Waals surface area contributed by atoms with Gasteiger partial charge in [-0.3, -0.25) is 4.79 Å². The van der Waals surface area contributed by atoms with Crippen molar-refractivity contribution in [3.63, 3.8) is 0 Å². The summed E-state index contributed by atoms with van der Waals surface area (Å²) in [6.07, 6.45) is 4.32. The minimum Gasteiger partial charge on any atom is -0.480 e. The second kappa shape index (κ2) is 5.14. The van der Waals surface area contributed by atoms with Crippen LogP contribution in [-0.2, 0) is 22.7 Å². The fourth-order valence-corrected chi connectivity index (χ4v) is 3.92. The molecular formula is C14H16N2O4S. The molecule has 0 radical (unpaired) electrons. The number of hydrogen-bond acceptors (Lipinski definition) is 5. The Hall–Kier alpha value is -1.89. The van der Waals surface area contributed by atoms with E-state index in [1.165, 1.54) is 13.2 Å². The summed E-state index contributed by atoms with van der Waals surface area (Å²) in [7, 11) is -1.72. The molecule has 2 aliphatic rings. The summed E-state index contributed by atoms with van der Waals surface area (Å²) in [5.41, 5.74) is 2.40. The van der Waals surface area contributed by atoms with Gasteiger partial charge in [0.2, 0.25) is 5.88 Å². The highest BCUT2D eigenvalue weighted by Crippen LogP contribution is 2.26. The Balaban J connectivity index is 1.83. The van der Waals surface area contributed by atoms with Crippen LogP contribution in [0.4, 0.5) is 0 Å². The third kappa shape index (κ3) is 2.78. The van der Waals surface area contributed by atoms with Gasteiger partial charge in [-0.25, -0.2) is 13.4 Å². The van der Waals surface area contributed by atoms with Crippen molar-refractivity contribution in [3.05, 3.63) is 34.4 Å². The van der Waals surface area contributed by atoms with E-state index in [0.29, 0.717) is 5.56 Å². The van der Waals surface area contributed by atoms with Gasteiger partial charge >= 0.3 is 0 Å². The number of carbonyl (C=O) groups excluding carboxylic acids is 1. The minimum atomic E-state index is -3.19. The summed E-state index contributed by atoms with van der Waals surface area (Å²) in [5, 5.41) is 3.83. The Morgan fingerprint density at radius 3 is 2.90 bits per heavy atom. The number of carbonyl (C=O) groups is 1. The number of nitrogens with zero attached hydrogens (tertiary/aromatic N) is 1. The maximum Gasteiger partial charge on any atom is 0.257 e. The van der Waals surface area contributed by atoms with Gasteiger partial charge in [0, 0.05) is 11.1 Å². The molecule has 0 unspecified atom stereocenters. The SMILES string of the molecule is COc1nc2c(cc1C(=O)N[C@@H]1C=CS(=O)(=O)C1)CCC2. The molecule has 0 saturated heterocycles. The lowest BCUT2D eigenvalue weighted by atomic mass is 10.1. The van der Waals surface area contributed by atoms with Gasteiger partial charge in [0.15, 0.2) is 9.84 Å². The van der Waals surface area contributed by atoms with Gasteiger partial charge in [-0.05, 0) is 37.0 Å². The van der Waals surface area contributed by atoms with Gasteiger partial charge in [-0.2, -0.15) is 0 Å². The molecule has 0 fully saturated rings. The van der Waals surface area contributed by atoms with E-state index in [-0.39, 0.29) is 17.5 Å². The van der Waals surface area contributed by atoms with Gasteiger partial charge in [-0.15, -0.1) is 0 Å². The molecule has 1 amide bonds. The summed E-state index contributed by atoms with van der Waals surface area (Å²) in [6, 6.07) is 1.30. The molecule has 0 saturated carbocycles. The molecule has 1 atom stereocenters. The highest BCUT2D eigenvalue weighted by Gasteiger charge is 2.26. The summed E-state index contributed by atoms with van der Waals surface area (Å²) < 4.78 is 27.9. The average Bonchev–Trinajstić information content (AvgIpc) is 3.02. The zero-order chi connectivity index (χ0) is 15.0. The molecule has 0 bridgehead atoms. The predicted octanol–water partition coefficient (Wildman–Crippen LogP) is 0.619. The van der Waals surface area contributed by atoms with Crippen LogP contribution in [0.1, 0.15) is 28.0 Å². The lowest BCUT2D eigenvalue weighted by Crippen LogP contribution is -2.35. The monoisotopic (exact) mass is 308 g/mol. The molecule has 1 aliphatic carbocycles. The van der Waals surface area contributed by atoms with Crippen molar-refractivity contribution >= 4 is 15.7 Å². The van der Waals surface area contributed by atoms with Crippen molar-refractivity contribution in [1.29, 1.82) is 0 Å². The van der Waals surface area contributed by atoms with Crippen LogP contribution in [0.25, 0.3) is 0 Å². The standard InChI is InChI=1S/C14H16N2O4S/c1-20-14-11(7-9-3-2-4-12(9)16-14)13(17)15-10-5-6-21(18,19)8-10/h5-7,10H,2-4,8H2,1H3,(H,15,17)/t10-/m1/s1. The first-order valence-electron chi connectivity index (χ1n) is 6.77. The smallest absolute Gasteiger partial charge is 0.257 e. The third-order valence-corrected chi connectivity index (χ3v) is 5.10. The van der Waals surface area contributed by atoms with Gasteiger partial charge in [-0.1, -0.05) is 0 Å². The lowest BCUT2D eigenvalue weighted by Gasteiger charge is -2.13. The average molecular weight is 308 g/mol. The zero-order valence-corrected chi connectivity index (χ0v) is 12.4. The first-order chi connectivity index (χ1) is 9.98. The van der Waals surface area contributed by atoms with Gasteiger partial charge in [0.1, 0.15) is 5.56 Å². The normalized spacial score (nSPS) is 22.0. The molecule has 1 aliphatic heterocycles. The predicted molar refractivity (Wildman–Crippen MR) is 77.0 cm³/mol. The molecule has 2 heterocycles. The number of fused-ring (bicyclic) bond motifs is 1. The van der Waals surface area contributed by atoms with E-state index < -0.39 is 15.9 Å². The number of ether oxygens (including phenoxy) is 1. The zero-order valence-electron chi connectivity index (χ0n) is 11.6. The lowest BCUT2D eigenvalue weighted by molar-refractivity contribution is 0.0943. The largest absolute Gasteiger partial charge is 0.480 e. The number of pyridine rings is 1. The number of aryl methyl sites for hydroxylation is 2. The molecule has 6 nitrogen and oxygen atoms in total. The number of nitrogens with one attached hydrogen (secondary N) is 1. The van der Waals surface area contributed by atoms with Crippen LogP contribution in [-0.4, -0.2) is 38.2 Å². The van der Waals surface area contributed by atoms with E-state index in [1.54, 1.807) is 6.07 Å².